The maximum Gasteiger partial charge on any atom is 0.246 e. The third-order valence-electron chi connectivity index (χ3n) is 1.81. The van der Waals surface area contributed by atoms with E-state index in [1.807, 2.05) is 12.1 Å². The van der Waals surface area contributed by atoms with Gasteiger partial charge in [0.1, 0.15) is 0 Å². The van der Waals surface area contributed by atoms with Crippen molar-refractivity contribution >= 4 is 35.2 Å². The number of nitrogens with one attached hydrogen (secondary N) is 1. The highest BCUT2D eigenvalue weighted by atomic mass is 35.5. The monoisotopic (exact) mass is 288 g/mol. The van der Waals surface area contributed by atoms with Gasteiger partial charge in [0.2, 0.25) is 11.8 Å². The summed E-state index contributed by atoms with van der Waals surface area (Å²) in [6.45, 7) is -0.323. The largest absolute Gasteiger partial charge is 0.368 e. The van der Waals surface area contributed by atoms with Crippen LogP contribution in [0.2, 0.25) is 5.02 Å². The fraction of sp³-hybridized carbons (Fsp3) is 0.273. The first kappa shape index (κ1) is 14.8. The molecule has 0 saturated carbocycles. The van der Waals surface area contributed by atoms with E-state index in [9.17, 15) is 9.59 Å². The maximum atomic E-state index is 11.2. The molecule has 0 radical (unpaired) electrons. The van der Waals surface area contributed by atoms with E-state index < -0.39 is 5.91 Å². The summed E-state index contributed by atoms with van der Waals surface area (Å²) in [7, 11) is 0. The molecular weight excluding hydrogens is 276 g/mol. The van der Waals surface area contributed by atoms with Crippen LogP contribution in [0.15, 0.2) is 29.2 Å². The molecule has 0 spiro atoms. The lowest BCUT2D eigenvalue weighted by molar-refractivity contribution is -0.137. The Labute approximate surface area is 114 Å². The maximum absolute atomic E-state index is 11.2. The minimum Gasteiger partial charge on any atom is -0.368 e. The summed E-state index contributed by atoms with van der Waals surface area (Å²) in [5, 5.41) is 0.678. The summed E-state index contributed by atoms with van der Waals surface area (Å²) >= 11 is 7.28. The molecule has 0 atom stereocenters. The lowest BCUT2D eigenvalue weighted by Crippen LogP contribution is -2.29. The van der Waals surface area contributed by atoms with Gasteiger partial charge < -0.3 is 5.73 Å². The number of amides is 2. The molecule has 0 saturated heterocycles. The Hall–Kier alpha value is -1.24. The van der Waals surface area contributed by atoms with E-state index >= 15 is 0 Å². The number of benzene rings is 1. The number of hydroxylamine groups is 1. The molecule has 2 amide bonds. The highest BCUT2D eigenvalue weighted by Crippen LogP contribution is 2.20. The minimum absolute atomic E-state index is 0.284. The van der Waals surface area contributed by atoms with Gasteiger partial charge in [-0.15, -0.1) is 11.8 Å². The van der Waals surface area contributed by atoms with Gasteiger partial charge in [-0.25, -0.2) is 5.48 Å². The van der Waals surface area contributed by atoms with Crippen molar-refractivity contribution in [1.82, 2.24) is 5.48 Å². The second kappa shape index (κ2) is 7.97. The number of rotatable bonds is 7. The Morgan fingerprint density at radius 1 is 1.33 bits per heavy atom. The van der Waals surface area contributed by atoms with E-state index in [-0.39, 0.29) is 18.9 Å². The van der Waals surface area contributed by atoms with Gasteiger partial charge >= 0.3 is 0 Å². The molecule has 1 rings (SSSR count). The summed E-state index contributed by atoms with van der Waals surface area (Å²) in [4.78, 5) is 27.2. The van der Waals surface area contributed by atoms with Crippen LogP contribution in [0, 0.1) is 0 Å². The first-order chi connectivity index (χ1) is 8.58. The number of nitrogens with two attached hydrogens (primary N) is 1. The van der Waals surface area contributed by atoms with Gasteiger partial charge in [-0.1, -0.05) is 11.6 Å². The molecule has 0 aliphatic carbocycles. The molecule has 3 N–H and O–H groups in total. The van der Waals surface area contributed by atoms with Crippen molar-refractivity contribution in [2.75, 3.05) is 12.4 Å². The molecule has 0 aromatic heterocycles. The predicted octanol–water partition coefficient (Wildman–Crippen LogP) is 1.36. The van der Waals surface area contributed by atoms with E-state index in [0.29, 0.717) is 10.8 Å². The predicted molar refractivity (Wildman–Crippen MR) is 70.1 cm³/mol. The molecule has 0 fully saturated rings. The molecule has 1 aromatic carbocycles. The summed E-state index contributed by atoms with van der Waals surface area (Å²) in [5.41, 5.74) is 6.97. The van der Waals surface area contributed by atoms with Crippen LogP contribution in [-0.2, 0) is 14.4 Å². The smallest absolute Gasteiger partial charge is 0.246 e. The van der Waals surface area contributed by atoms with Crippen molar-refractivity contribution in [1.29, 1.82) is 0 Å². The number of halogens is 1. The number of primary amides is 1. The molecular formula is C11H13ClN2O3S. The fourth-order valence-corrected chi connectivity index (χ4v) is 2.01. The van der Waals surface area contributed by atoms with E-state index in [1.165, 1.54) is 11.8 Å². The molecule has 7 heteroatoms. The van der Waals surface area contributed by atoms with Crippen molar-refractivity contribution in [2.45, 2.75) is 11.3 Å². The van der Waals surface area contributed by atoms with E-state index in [0.717, 1.165) is 4.90 Å². The third kappa shape index (κ3) is 6.48. The van der Waals surface area contributed by atoms with Crippen molar-refractivity contribution in [3.63, 3.8) is 0 Å². The van der Waals surface area contributed by atoms with Gasteiger partial charge in [0, 0.05) is 22.1 Å². The summed E-state index contributed by atoms with van der Waals surface area (Å²) < 4.78 is 0. The zero-order valence-corrected chi connectivity index (χ0v) is 11.1. The molecule has 0 unspecified atom stereocenters. The molecule has 98 valence electrons. The van der Waals surface area contributed by atoms with Crippen LogP contribution >= 0.6 is 23.4 Å². The number of thioether (sulfide) groups is 1. The van der Waals surface area contributed by atoms with Crippen LogP contribution in [0.1, 0.15) is 6.42 Å². The molecule has 1 aromatic rings. The van der Waals surface area contributed by atoms with Gasteiger partial charge in [-0.05, 0) is 24.3 Å². The van der Waals surface area contributed by atoms with Gasteiger partial charge in [0.25, 0.3) is 0 Å². The number of hydrogen-bond donors (Lipinski definition) is 2. The van der Waals surface area contributed by atoms with Crippen LogP contribution in [0.3, 0.4) is 0 Å². The fourth-order valence-electron chi connectivity index (χ4n) is 1.03. The summed E-state index contributed by atoms with van der Waals surface area (Å²) in [5.74, 6) is -0.323. The first-order valence-electron chi connectivity index (χ1n) is 5.15. The van der Waals surface area contributed by atoms with Crippen molar-refractivity contribution < 1.29 is 14.4 Å². The van der Waals surface area contributed by atoms with E-state index in [2.05, 4.69) is 10.3 Å². The van der Waals surface area contributed by atoms with Crippen LogP contribution in [-0.4, -0.2) is 24.2 Å². The summed E-state index contributed by atoms with van der Waals surface area (Å²) in [6.07, 6.45) is 0.284. The molecule has 18 heavy (non-hydrogen) atoms. The highest BCUT2D eigenvalue weighted by Gasteiger charge is 2.03. The standard InChI is InChI=1S/C11H13ClN2O3S/c12-8-1-3-9(4-2-8)18-6-5-11(16)14-17-7-10(13)15/h1-4H,5-7H2,(H2,13,15)(H,14,16). The average molecular weight is 289 g/mol. The highest BCUT2D eigenvalue weighted by molar-refractivity contribution is 7.99. The number of carbonyl (C=O) groups excluding carboxylic acids is 2. The molecule has 0 heterocycles. The lowest BCUT2D eigenvalue weighted by atomic mass is 10.4. The van der Waals surface area contributed by atoms with Gasteiger partial charge in [0.05, 0.1) is 0 Å². The molecule has 0 bridgehead atoms. The number of hydrogen-bond acceptors (Lipinski definition) is 4. The summed E-state index contributed by atoms with van der Waals surface area (Å²) in [6, 6.07) is 7.35. The second-order valence-corrected chi connectivity index (χ2v) is 4.94. The van der Waals surface area contributed by atoms with E-state index in [4.69, 9.17) is 17.3 Å². The Balaban J connectivity index is 2.15. The van der Waals surface area contributed by atoms with E-state index in [1.54, 1.807) is 12.1 Å². The van der Waals surface area contributed by atoms with Crippen LogP contribution in [0.4, 0.5) is 0 Å². The Bertz CT molecular complexity index is 411. The Kier molecular flexibility index (Phi) is 6.56. The van der Waals surface area contributed by atoms with Crippen LogP contribution < -0.4 is 11.2 Å². The van der Waals surface area contributed by atoms with Crippen LogP contribution in [0.5, 0.6) is 0 Å². The van der Waals surface area contributed by atoms with Gasteiger partial charge in [0.15, 0.2) is 6.61 Å². The zero-order valence-electron chi connectivity index (χ0n) is 9.52. The number of carbonyl (C=O) groups is 2. The van der Waals surface area contributed by atoms with Crippen molar-refractivity contribution in [3.8, 4) is 0 Å². The molecule has 0 aliphatic rings. The lowest BCUT2D eigenvalue weighted by Gasteiger charge is -2.04. The molecule has 0 aliphatic heterocycles. The Morgan fingerprint density at radius 3 is 2.61 bits per heavy atom. The van der Waals surface area contributed by atoms with Crippen molar-refractivity contribution in [3.05, 3.63) is 29.3 Å². The SMILES string of the molecule is NC(=O)CONC(=O)CCSc1ccc(Cl)cc1. The first-order valence-corrected chi connectivity index (χ1v) is 6.51. The van der Waals surface area contributed by atoms with Gasteiger partial charge in [-0.3, -0.25) is 14.4 Å². The van der Waals surface area contributed by atoms with Crippen LogP contribution in [0.25, 0.3) is 0 Å². The van der Waals surface area contributed by atoms with Crippen molar-refractivity contribution in [2.24, 2.45) is 5.73 Å². The second-order valence-electron chi connectivity index (χ2n) is 3.33. The average Bonchev–Trinajstić information content (AvgIpc) is 2.31. The third-order valence-corrected chi connectivity index (χ3v) is 3.08. The molecule has 5 nitrogen and oxygen atoms in total. The normalized spacial score (nSPS) is 10.1. The quantitative estimate of drug-likeness (QED) is 0.586. The minimum atomic E-state index is -0.633. The van der Waals surface area contributed by atoms with Gasteiger partial charge in [-0.2, -0.15) is 0 Å². The zero-order chi connectivity index (χ0) is 13.4. The topological polar surface area (TPSA) is 81.4 Å². The Morgan fingerprint density at radius 2 is 2.00 bits per heavy atom.